The Morgan fingerprint density at radius 3 is 2.72 bits per heavy atom. The number of allylic oxidation sites excluding steroid dienone is 1. The summed E-state index contributed by atoms with van der Waals surface area (Å²) in [4.78, 5) is 33.6. The lowest BCUT2D eigenvalue weighted by Crippen LogP contribution is -2.38. The minimum Gasteiger partial charge on any atom is -0.503 e. The predicted octanol–water partition coefficient (Wildman–Crippen LogP) is 2.99. The Hall–Kier alpha value is -3.19. The molecule has 3 heterocycles. The molecule has 0 spiro atoms. The molecule has 1 N–H and O–H groups in total. The fourth-order valence-electron chi connectivity index (χ4n) is 3.44. The van der Waals surface area contributed by atoms with Crippen molar-refractivity contribution in [3.05, 3.63) is 71.7 Å². The number of rotatable bonds is 9. The Morgan fingerprint density at radius 1 is 1.31 bits per heavy atom. The molecule has 29 heavy (non-hydrogen) atoms. The Morgan fingerprint density at radius 2 is 2.10 bits per heavy atom. The van der Waals surface area contributed by atoms with E-state index in [1.165, 1.54) is 18.4 Å². The third-order valence-corrected chi connectivity index (χ3v) is 5.06. The van der Waals surface area contributed by atoms with Gasteiger partial charge in [0, 0.05) is 25.5 Å². The molecule has 2 aromatic rings. The number of furan rings is 1. The summed E-state index contributed by atoms with van der Waals surface area (Å²) in [5.74, 6) is -0.973. The second-order valence-electron chi connectivity index (χ2n) is 6.69. The second-order valence-corrected chi connectivity index (χ2v) is 6.69. The maximum absolute atomic E-state index is 12.9. The fourth-order valence-corrected chi connectivity index (χ4v) is 3.44. The minimum absolute atomic E-state index is 0.0605. The summed E-state index contributed by atoms with van der Waals surface area (Å²) in [7, 11) is 0. The van der Waals surface area contributed by atoms with Crippen molar-refractivity contribution in [3.8, 4) is 0 Å². The molecule has 0 saturated carbocycles. The lowest BCUT2D eigenvalue weighted by Gasteiger charge is -2.29. The molecule has 0 fully saturated rings. The molecule has 3 rings (SSSR count). The van der Waals surface area contributed by atoms with Gasteiger partial charge in [0.15, 0.2) is 11.5 Å². The van der Waals surface area contributed by atoms with E-state index >= 15 is 0 Å². The Labute approximate surface area is 169 Å². The highest BCUT2D eigenvalue weighted by Crippen LogP contribution is 2.37. The van der Waals surface area contributed by atoms with Crippen LogP contribution in [-0.4, -0.2) is 57.8 Å². The first-order valence-electron chi connectivity index (χ1n) is 9.69. The lowest BCUT2D eigenvalue weighted by molar-refractivity contribution is -0.129. The van der Waals surface area contributed by atoms with Crippen molar-refractivity contribution in [2.45, 2.75) is 19.9 Å². The van der Waals surface area contributed by atoms with E-state index in [1.807, 2.05) is 0 Å². The maximum atomic E-state index is 12.9. The number of amides is 1. The van der Waals surface area contributed by atoms with Crippen molar-refractivity contribution in [1.29, 1.82) is 0 Å². The van der Waals surface area contributed by atoms with Crippen molar-refractivity contribution in [2.24, 2.45) is 0 Å². The van der Waals surface area contributed by atoms with Crippen molar-refractivity contribution in [3.63, 3.8) is 0 Å². The third kappa shape index (κ3) is 4.46. The smallest absolute Gasteiger partial charge is 0.290 e. The summed E-state index contributed by atoms with van der Waals surface area (Å²) in [5, 5.41) is 10.5. The zero-order valence-corrected chi connectivity index (χ0v) is 16.6. The number of nitrogens with zero attached hydrogens (tertiary/aromatic N) is 3. The van der Waals surface area contributed by atoms with E-state index in [0.717, 1.165) is 13.1 Å². The zero-order chi connectivity index (χ0) is 20.8. The molecule has 2 aromatic heterocycles. The number of carbonyl (C=O) groups excluding carboxylic acids is 2. The Balaban J connectivity index is 1.92. The Kier molecular flexibility index (Phi) is 6.61. The number of carbonyl (C=O) groups is 2. The average Bonchev–Trinajstić information content (AvgIpc) is 3.35. The highest BCUT2D eigenvalue weighted by Gasteiger charge is 2.42. The van der Waals surface area contributed by atoms with Gasteiger partial charge in [-0.1, -0.05) is 19.9 Å². The van der Waals surface area contributed by atoms with Crippen molar-refractivity contribution in [1.82, 2.24) is 14.8 Å². The van der Waals surface area contributed by atoms with Crippen LogP contribution < -0.4 is 0 Å². The van der Waals surface area contributed by atoms with E-state index in [4.69, 9.17) is 4.42 Å². The molecule has 0 aliphatic carbocycles. The predicted molar refractivity (Wildman–Crippen MR) is 109 cm³/mol. The van der Waals surface area contributed by atoms with E-state index in [0.29, 0.717) is 24.4 Å². The third-order valence-electron chi connectivity index (χ3n) is 5.06. The van der Waals surface area contributed by atoms with E-state index in [-0.39, 0.29) is 5.57 Å². The van der Waals surface area contributed by atoms with E-state index in [9.17, 15) is 14.7 Å². The van der Waals surface area contributed by atoms with Gasteiger partial charge in [0.25, 0.3) is 5.91 Å². The lowest BCUT2D eigenvalue weighted by atomic mass is 9.97. The van der Waals surface area contributed by atoms with Gasteiger partial charge in [-0.3, -0.25) is 14.6 Å². The first-order chi connectivity index (χ1) is 14.1. The number of aliphatic hydroxyl groups is 1. The summed E-state index contributed by atoms with van der Waals surface area (Å²) in [6.07, 6.45) is 7.58. The second kappa shape index (κ2) is 9.34. The number of hydrogen-bond acceptors (Lipinski definition) is 6. The number of aliphatic hydroxyl groups excluding tert-OH is 1. The molecule has 1 unspecified atom stereocenters. The van der Waals surface area contributed by atoms with Gasteiger partial charge in [0.05, 0.1) is 17.9 Å². The van der Waals surface area contributed by atoms with Gasteiger partial charge in [0.2, 0.25) is 0 Å². The van der Waals surface area contributed by atoms with E-state index < -0.39 is 23.5 Å². The molecule has 7 heteroatoms. The highest BCUT2D eigenvalue weighted by molar-refractivity contribution is 6.14. The number of hydrogen-bond donors (Lipinski definition) is 1. The number of ketones is 1. The van der Waals surface area contributed by atoms with Gasteiger partial charge < -0.3 is 19.3 Å². The van der Waals surface area contributed by atoms with Crippen LogP contribution in [0.25, 0.3) is 6.08 Å². The SMILES string of the molecule is CCN(CC)CCN1C(=O)C(O)=C(C(=O)C=Cc2ccco2)C1c1cccnc1. The van der Waals surface area contributed by atoms with Crippen molar-refractivity contribution in [2.75, 3.05) is 26.2 Å². The molecule has 1 aliphatic heterocycles. The van der Waals surface area contributed by atoms with Crippen LogP contribution in [0, 0.1) is 0 Å². The van der Waals surface area contributed by atoms with Crippen LogP contribution in [0.4, 0.5) is 0 Å². The molecule has 7 nitrogen and oxygen atoms in total. The molecular formula is C22H25N3O4. The van der Waals surface area contributed by atoms with E-state index in [2.05, 4.69) is 23.7 Å². The zero-order valence-electron chi connectivity index (χ0n) is 16.6. The van der Waals surface area contributed by atoms with Crippen LogP contribution in [0.2, 0.25) is 0 Å². The largest absolute Gasteiger partial charge is 0.503 e. The van der Waals surface area contributed by atoms with Gasteiger partial charge in [-0.25, -0.2) is 0 Å². The van der Waals surface area contributed by atoms with Gasteiger partial charge >= 0.3 is 0 Å². The summed E-state index contributed by atoms with van der Waals surface area (Å²) >= 11 is 0. The van der Waals surface area contributed by atoms with Crippen LogP contribution >= 0.6 is 0 Å². The number of aromatic nitrogens is 1. The summed E-state index contributed by atoms with van der Waals surface area (Å²) in [6.45, 7) is 6.85. The summed E-state index contributed by atoms with van der Waals surface area (Å²) < 4.78 is 5.21. The molecule has 0 saturated heterocycles. The van der Waals surface area contributed by atoms with E-state index in [1.54, 1.807) is 41.6 Å². The van der Waals surface area contributed by atoms with Gasteiger partial charge in [-0.15, -0.1) is 0 Å². The first kappa shape index (κ1) is 20.5. The molecule has 1 amide bonds. The molecule has 1 aliphatic rings. The summed E-state index contributed by atoms with van der Waals surface area (Å²) in [5.41, 5.74) is 0.740. The average molecular weight is 395 g/mol. The van der Waals surface area contributed by atoms with Crippen LogP contribution in [0.5, 0.6) is 0 Å². The monoisotopic (exact) mass is 395 g/mol. The van der Waals surface area contributed by atoms with Crippen LogP contribution in [0.15, 0.2) is 64.7 Å². The molecule has 0 bridgehead atoms. The van der Waals surface area contributed by atoms with Crippen LogP contribution in [0.3, 0.4) is 0 Å². The molecule has 1 atom stereocenters. The van der Waals surface area contributed by atoms with Gasteiger partial charge in [-0.2, -0.15) is 0 Å². The fraction of sp³-hybridized carbons (Fsp3) is 0.318. The molecular weight excluding hydrogens is 370 g/mol. The van der Waals surface area contributed by atoms with Gasteiger partial charge in [-0.05, 0) is 49.0 Å². The van der Waals surface area contributed by atoms with Crippen LogP contribution in [0.1, 0.15) is 31.2 Å². The quantitative estimate of drug-likeness (QED) is 0.657. The standard InChI is InChI=1S/C22H25N3O4/c1-3-24(4-2)12-13-25-20(16-7-5-11-23-15-16)19(21(27)22(25)28)18(26)10-9-17-8-6-14-29-17/h5-11,14-15,20,27H,3-4,12-13H2,1-2H3. The minimum atomic E-state index is -0.680. The normalized spacial score (nSPS) is 17.1. The first-order valence-corrected chi connectivity index (χ1v) is 9.69. The van der Waals surface area contributed by atoms with Crippen molar-refractivity contribution >= 4 is 17.8 Å². The molecule has 0 radical (unpaired) electrons. The molecule has 152 valence electrons. The van der Waals surface area contributed by atoms with Crippen LogP contribution in [-0.2, 0) is 9.59 Å². The molecule has 0 aromatic carbocycles. The van der Waals surface area contributed by atoms with Gasteiger partial charge in [0.1, 0.15) is 5.76 Å². The topological polar surface area (TPSA) is 86.9 Å². The highest BCUT2D eigenvalue weighted by atomic mass is 16.3. The Bertz CT molecular complexity index is 899. The number of likely N-dealkylation sites (N-methyl/N-ethyl adjacent to an activating group) is 1. The number of pyridine rings is 1. The summed E-state index contributed by atoms with van der Waals surface area (Å²) in [6, 6.07) is 6.30. The maximum Gasteiger partial charge on any atom is 0.290 e. The van der Waals surface area contributed by atoms with Crippen molar-refractivity contribution < 1.29 is 19.1 Å².